The number of nitrogens with two attached hydrogens (primary N) is 1. The minimum Gasteiger partial charge on any atom is -0.399 e. The molecule has 3 aromatic rings. The zero-order valence-corrected chi connectivity index (χ0v) is 13.2. The van der Waals surface area contributed by atoms with E-state index in [1.807, 2.05) is 13.0 Å². The predicted octanol–water partition coefficient (Wildman–Crippen LogP) is 4.24. The maximum absolute atomic E-state index is 5.87. The lowest BCUT2D eigenvalue weighted by Gasteiger charge is -2.04. The molecule has 3 rings (SSSR count). The van der Waals surface area contributed by atoms with Crippen LogP contribution in [0.15, 0.2) is 47.4 Å². The van der Waals surface area contributed by atoms with Crippen molar-refractivity contribution in [1.29, 1.82) is 0 Å². The van der Waals surface area contributed by atoms with Crippen molar-refractivity contribution in [2.24, 2.45) is 0 Å². The second kappa shape index (κ2) is 5.82. The quantitative estimate of drug-likeness (QED) is 0.578. The van der Waals surface area contributed by atoms with Gasteiger partial charge < -0.3 is 5.73 Å². The van der Waals surface area contributed by atoms with E-state index >= 15 is 0 Å². The molecule has 0 unspecified atom stereocenters. The number of aromatic nitrogens is 2. The first-order valence-corrected chi connectivity index (χ1v) is 8.11. The van der Waals surface area contributed by atoms with E-state index in [1.165, 1.54) is 15.8 Å². The van der Waals surface area contributed by atoms with Crippen LogP contribution in [0.25, 0.3) is 10.9 Å². The molecule has 2 aromatic carbocycles. The summed E-state index contributed by atoms with van der Waals surface area (Å²) in [5.74, 6) is 0.872. The third-order valence-electron chi connectivity index (χ3n) is 3.65. The molecule has 0 amide bonds. The Kier molecular flexibility index (Phi) is 3.88. The summed E-state index contributed by atoms with van der Waals surface area (Å²) in [4.78, 5) is 1.23. The van der Waals surface area contributed by atoms with Crippen LogP contribution < -0.4 is 5.73 Å². The molecule has 0 radical (unpaired) electrons. The Morgan fingerprint density at radius 1 is 1.19 bits per heavy atom. The molecule has 0 saturated carbocycles. The van der Waals surface area contributed by atoms with Gasteiger partial charge in [0.05, 0.1) is 11.2 Å². The SMILES string of the molecule is CCn1nc(CSc2ccc(N)c(C)c2)c2ccccc21. The van der Waals surface area contributed by atoms with E-state index in [4.69, 9.17) is 10.8 Å². The van der Waals surface area contributed by atoms with Crippen LogP contribution in [0.4, 0.5) is 5.69 Å². The summed E-state index contributed by atoms with van der Waals surface area (Å²) in [5, 5.41) is 5.98. The highest BCUT2D eigenvalue weighted by atomic mass is 32.2. The van der Waals surface area contributed by atoms with Crippen molar-refractivity contribution in [3.8, 4) is 0 Å². The third kappa shape index (κ3) is 2.76. The Morgan fingerprint density at radius 3 is 2.76 bits per heavy atom. The van der Waals surface area contributed by atoms with E-state index < -0.39 is 0 Å². The van der Waals surface area contributed by atoms with Crippen LogP contribution in [0.2, 0.25) is 0 Å². The van der Waals surface area contributed by atoms with E-state index in [0.29, 0.717) is 0 Å². The van der Waals surface area contributed by atoms with Crippen molar-refractivity contribution < 1.29 is 0 Å². The van der Waals surface area contributed by atoms with Gasteiger partial charge in [-0.05, 0) is 43.7 Å². The molecule has 0 aliphatic heterocycles. The van der Waals surface area contributed by atoms with Gasteiger partial charge in [-0.15, -0.1) is 11.8 Å². The summed E-state index contributed by atoms with van der Waals surface area (Å²) in [6.45, 7) is 5.06. The molecule has 0 atom stereocenters. The number of para-hydroxylation sites is 1. The fourth-order valence-corrected chi connectivity index (χ4v) is 3.37. The molecular formula is C17H19N3S. The molecule has 0 fully saturated rings. The Labute approximate surface area is 129 Å². The van der Waals surface area contributed by atoms with Gasteiger partial charge in [-0.25, -0.2) is 0 Å². The van der Waals surface area contributed by atoms with Crippen molar-refractivity contribution in [2.75, 3.05) is 5.73 Å². The van der Waals surface area contributed by atoms with Gasteiger partial charge in [-0.2, -0.15) is 5.10 Å². The maximum Gasteiger partial charge on any atom is 0.0805 e. The summed E-state index contributed by atoms with van der Waals surface area (Å²) < 4.78 is 2.07. The first-order chi connectivity index (χ1) is 10.2. The van der Waals surface area contributed by atoms with Gasteiger partial charge >= 0.3 is 0 Å². The van der Waals surface area contributed by atoms with E-state index in [2.05, 4.69) is 48.0 Å². The van der Waals surface area contributed by atoms with Gasteiger partial charge in [-0.3, -0.25) is 4.68 Å². The average molecular weight is 297 g/mol. The summed E-state index contributed by atoms with van der Waals surface area (Å²) in [5.41, 5.74) is 10.2. The topological polar surface area (TPSA) is 43.8 Å². The van der Waals surface area contributed by atoms with Crippen molar-refractivity contribution >= 4 is 28.4 Å². The molecular weight excluding hydrogens is 278 g/mol. The number of anilines is 1. The highest BCUT2D eigenvalue weighted by Crippen LogP contribution is 2.28. The molecule has 1 heterocycles. The van der Waals surface area contributed by atoms with Crippen LogP contribution >= 0.6 is 11.8 Å². The lowest BCUT2D eigenvalue weighted by Crippen LogP contribution is -1.96. The van der Waals surface area contributed by atoms with Crippen LogP contribution in [-0.2, 0) is 12.3 Å². The second-order valence-corrected chi connectivity index (χ2v) is 6.14. The highest BCUT2D eigenvalue weighted by Gasteiger charge is 2.09. The van der Waals surface area contributed by atoms with Crippen LogP contribution in [-0.4, -0.2) is 9.78 Å². The average Bonchev–Trinajstić information content (AvgIpc) is 2.87. The lowest BCUT2D eigenvalue weighted by molar-refractivity contribution is 0.675. The molecule has 0 bridgehead atoms. The molecule has 2 N–H and O–H groups in total. The van der Waals surface area contributed by atoms with Crippen molar-refractivity contribution in [1.82, 2.24) is 9.78 Å². The first-order valence-electron chi connectivity index (χ1n) is 7.12. The zero-order chi connectivity index (χ0) is 14.8. The molecule has 21 heavy (non-hydrogen) atoms. The number of aryl methyl sites for hydroxylation is 2. The van der Waals surface area contributed by atoms with E-state index in [0.717, 1.165) is 29.2 Å². The number of hydrogen-bond acceptors (Lipinski definition) is 3. The molecule has 3 nitrogen and oxygen atoms in total. The number of nitrogens with zero attached hydrogens (tertiary/aromatic N) is 2. The van der Waals surface area contributed by atoms with Gasteiger partial charge in [-0.1, -0.05) is 18.2 Å². The lowest BCUT2D eigenvalue weighted by atomic mass is 10.2. The second-order valence-electron chi connectivity index (χ2n) is 5.09. The van der Waals surface area contributed by atoms with Crippen LogP contribution in [0.3, 0.4) is 0 Å². The number of thioether (sulfide) groups is 1. The Hall–Kier alpha value is -1.94. The molecule has 0 saturated heterocycles. The number of benzene rings is 2. The molecule has 0 aliphatic rings. The van der Waals surface area contributed by atoms with Gasteiger partial charge in [0, 0.05) is 28.3 Å². The van der Waals surface area contributed by atoms with Gasteiger partial charge in [0.25, 0.3) is 0 Å². The fraction of sp³-hybridized carbons (Fsp3) is 0.235. The summed E-state index contributed by atoms with van der Waals surface area (Å²) in [6.07, 6.45) is 0. The monoisotopic (exact) mass is 297 g/mol. The normalized spacial score (nSPS) is 11.1. The van der Waals surface area contributed by atoms with E-state index in [1.54, 1.807) is 11.8 Å². The van der Waals surface area contributed by atoms with Crippen LogP contribution in [0.5, 0.6) is 0 Å². The molecule has 4 heteroatoms. The standard InChI is InChI=1S/C17H19N3S/c1-3-20-17-7-5-4-6-14(17)16(19-20)11-21-13-8-9-15(18)12(2)10-13/h4-10H,3,11,18H2,1-2H3. The predicted molar refractivity (Wildman–Crippen MR) is 90.6 cm³/mol. The summed E-state index contributed by atoms with van der Waals surface area (Å²) in [6, 6.07) is 14.6. The van der Waals surface area contributed by atoms with Gasteiger partial charge in [0.1, 0.15) is 0 Å². The number of hydrogen-bond donors (Lipinski definition) is 1. The number of rotatable bonds is 4. The highest BCUT2D eigenvalue weighted by molar-refractivity contribution is 7.98. The number of nitrogen functional groups attached to an aromatic ring is 1. The zero-order valence-electron chi connectivity index (χ0n) is 12.3. The van der Waals surface area contributed by atoms with Gasteiger partial charge in [0.2, 0.25) is 0 Å². The maximum atomic E-state index is 5.87. The third-order valence-corrected chi connectivity index (χ3v) is 4.66. The van der Waals surface area contributed by atoms with Crippen LogP contribution in [0, 0.1) is 6.92 Å². The van der Waals surface area contributed by atoms with Gasteiger partial charge in [0.15, 0.2) is 0 Å². The number of fused-ring (bicyclic) bond motifs is 1. The Balaban J connectivity index is 1.86. The minimum absolute atomic E-state index is 0.847. The molecule has 108 valence electrons. The summed E-state index contributed by atoms with van der Waals surface area (Å²) in [7, 11) is 0. The minimum atomic E-state index is 0.847. The largest absolute Gasteiger partial charge is 0.399 e. The molecule has 0 aliphatic carbocycles. The van der Waals surface area contributed by atoms with E-state index in [-0.39, 0.29) is 0 Å². The molecule has 1 aromatic heterocycles. The van der Waals surface area contributed by atoms with Crippen molar-refractivity contribution in [2.45, 2.75) is 31.0 Å². The van der Waals surface area contributed by atoms with Crippen molar-refractivity contribution in [3.63, 3.8) is 0 Å². The molecule has 0 spiro atoms. The van der Waals surface area contributed by atoms with E-state index in [9.17, 15) is 0 Å². The summed E-state index contributed by atoms with van der Waals surface area (Å²) >= 11 is 1.80. The smallest absolute Gasteiger partial charge is 0.0805 e. The van der Waals surface area contributed by atoms with Crippen molar-refractivity contribution in [3.05, 3.63) is 53.7 Å². The Bertz CT molecular complexity index is 777. The first kappa shape index (κ1) is 14.0. The van der Waals surface area contributed by atoms with Crippen LogP contribution in [0.1, 0.15) is 18.2 Å². The Morgan fingerprint density at radius 2 is 2.00 bits per heavy atom. The fourth-order valence-electron chi connectivity index (χ4n) is 2.43.